The summed E-state index contributed by atoms with van der Waals surface area (Å²) < 4.78 is 1.69. The number of nitrogens with zero attached hydrogens (tertiary/aromatic N) is 5. The van der Waals surface area contributed by atoms with Crippen LogP contribution in [0.4, 0.5) is 0 Å². The zero-order chi connectivity index (χ0) is 26.1. The number of carbonyl (C=O) groups excluding carboxylic acids is 2. The first kappa shape index (κ1) is 25.4. The lowest BCUT2D eigenvalue weighted by Gasteiger charge is -2.40. The van der Waals surface area contributed by atoms with E-state index in [9.17, 15) is 9.59 Å². The highest BCUT2D eigenvalue weighted by molar-refractivity contribution is 7.12. The SMILES string of the molecule is Cc1c(C(=O)N2CCN(C(=O)C(Cl)c3ccccc3)C(C)C2)cnn1-c1nc(-c2ccc(Cl)cc2)cs1. The summed E-state index contributed by atoms with van der Waals surface area (Å²) in [6.45, 7) is 5.08. The van der Waals surface area contributed by atoms with Crippen molar-refractivity contribution >= 4 is 46.4 Å². The van der Waals surface area contributed by atoms with Gasteiger partial charge in [0.25, 0.3) is 5.91 Å². The van der Waals surface area contributed by atoms with Gasteiger partial charge in [0.05, 0.1) is 23.1 Å². The number of piperazine rings is 1. The first-order chi connectivity index (χ1) is 17.8. The third-order valence-electron chi connectivity index (χ3n) is 6.56. The molecule has 10 heteroatoms. The van der Waals surface area contributed by atoms with Crippen molar-refractivity contribution in [2.24, 2.45) is 0 Å². The van der Waals surface area contributed by atoms with Crippen LogP contribution in [0.2, 0.25) is 5.02 Å². The second kappa shape index (κ2) is 10.7. The Labute approximate surface area is 229 Å². The fourth-order valence-electron chi connectivity index (χ4n) is 4.48. The van der Waals surface area contributed by atoms with Gasteiger partial charge in [-0.05, 0) is 31.5 Å². The lowest BCUT2D eigenvalue weighted by atomic mass is 10.1. The molecule has 2 atom stereocenters. The van der Waals surface area contributed by atoms with Crippen LogP contribution in [-0.2, 0) is 4.79 Å². The molecular formula is C27H25Cl2N5O2S. The number of hydrogen-bond donors (Lipinski definition) is 0. The van der Waals surface area contributed by atoms with Crippen molar-refractivity contribution in [1.29, 1.82) is 0 Å². The zero-order valence-electron chi connectivity index (χ0n) is 20.3. The van der Waals surface area contributed by atoms with E-state index in [1.807, 2.05) is 73.8 Å². The standard InChI is InChI=1S/C27H25Cl2N5O2S/c1-17-15-32(12-13-33(17)26(36)24(29)20-6-4-3-5-7-20)25(35)22-14-30-34(18(22)2)27-31-23(16-37-27)19-8-10-21(28)11-9-19/h3-11,14,16-17,24H,12-13,15H2,1-2H3. The summed E-state index contributed by atoms with van der Waals surface area (Å²) in [6, 6.07) is 16.7. The van der Waals surface area contributed by atoms with Gasteiger partial charge in [0, 0.05) is 41.6 Å². The van der Waals surface area contributed by atoms with Crippen LogP contribution in [0.25, 0.3) is 16.4 Å². The average molecular weight is 555 g/mol. The van der Waals surface area contributed by atoms with Crippen molar-refractivity contribution in [2.45, 2.75) is 25.3 Å². The number of halogens is 2. The van der Waals surface area contributed by atoms with Crippen LogP contribution in [-0.4, -0.2) is 62.1 Å². The van der Waals surface area contributed by atoms with Crippen LogP contribution in [0.5, 0.6) is 0 Å². The fourth-order valence-corrected chi connectivity index (χ4v) is 5.71. The topological polar surface area (TPSA) is 71.3 Å². The predicted octanol–water partition coefficient (Wildman–Crippen LogP) is 5.61. The van der Waals surface area contributed by atoms with Crippen molar-refractivity contribution in [2.75, 3.05) is 19.6 Å². The van der Waals surface area contributed by atoms with E-state index in [1.54, 1.807) is 20.7 Å². The molecule has 7 nitrogen and oxygen atoms in total. The van der Waals surface area contributed by atoms with Gasteiger partial charge < -0.3 is 9.80 Å². The van der Waals surface area contributed by atoms with Gasteiger partial charge in [-0.2, -0.15) is 5.10 Å². The van der Waals surface area contributed by atoms with Crippen molar-refractivity contribution < 1.29 is 9.59 Å². The summed E-state index contributed by atoms with van der Waals surface area (Å²) in [6.07, 6.45) is 1.59. The zero-order valence-corrected chi connectivity index (χ0v) is 22.7. The Kier molecular flexibility index (Phi) is 7.33. The van der Waals surface area contributed by atoms with Crippen LogP contribution in [0.3, 0.4) is 0 Å². The third-order valence-corrected chi connectivity index (χ3v) is 8.07. The van der Waals surface area contributed by atoms with E-state index in [1.165, 1.54) is 11.3 Å². The van der Waals surface area contributed by atoms with Crippen molar-refractivity contribution in [3.05, 3.63) is 88.0 Å². The van der Waals surface area contributed by atoms with E-state index in [0.717, 1.165) is 22.5 Å². The molecule has 1 saturated heterocycles. The molecule has 1 aliphatic rings. The van der Waals surface area contributed by atoms with Gasteiger partial charge >= 0.3 is 0 Å². The second-order valence-electron chi connectivity index (χ2n) is 8.98. The first-order valence-electron chi connectivity index (χ1n) is 11.9. The van der Waals surface area contributed by atoms with Gasteiger partial charge in [0.15, 0.2) is 0 Å². The van der Waals surface area contributed by atoms with Crippen LogP contribution < -0.4 is 0 Å². The Morgan fingerprint density at radius 3 is 2.51 bits per heavy atom. The molecule has 2 aromatic carbocycles. The smallest absolute Gasteiger partial charge is 0.257 e. The molecule has 5 rings (SSSR count). The Morgan fingerprint density at radius 2 is 1.81 bits per heavy atom. The van der Waals surface area contributed by atoms with E-state index in [4.69, 9.17) is 28.2 Å². The monoisotopic (exact) mass is 553 g/mol. The molecule has 0 N–H and O–H groups in total. The number of thiazole rings is 1. The van der Waals surface area contributed by atoms with Crippen molar-refractivity contribution in [3.8, 4) is 16.4 Å². The van der Waals surface area contributed by atoms with E-state index in [0.29, 0.717) is 35.4 Å². The summed E-state index contributed by atoms with van der Waals surface area (Å²) in [7, 11) is 0. The van der Waals surface area contributed by atoms with Gasteiger partial charge in [-0.15, -0.1) is 22.9 Å². The number of aromatic nitrogens is 3. The molecule has 190 valence electrons. The van der Waals surface area contributed by atoms with E-state index >= 15 is 0 Å². The summed E-state index contributed by atoms with van der Waals surface area (Å²) in [5.41, 5.74) is 3.79. The second-order valence-corrected chi connectivity index (χ2v) is 10.7. The highest BCUT2D eigenvalue weighted by Crippen LogP contribution is 2.28. The molecule has 0 aliphatic carbocycles. The Morgan fingerprint density at radius 1 is 1.08 bits per heavy atom. The number of hydrogen-bond acceptors (Lipinski definition) is 5. The van der Waals surface area contributed by atoms with Crippen LogP contribution in [0.15, 0.2) is 66.2 Å². The van der Waals surface area contributed by atoms with Crippen molar-refractivity contribution in [3.63, 3.8) is 0 Å². The van der Waals surface area contributed by atoms with Gasteiger partial charge in [0.1, 0.15) is 5.38 Å². The minimum Gasteiger partial charge on any atom is -0.335 e. The normalized spacial score (nSPS) is 16.6. The molecule has 1 fully saturated rings. The van der Waals surface area contributed by atoms with Crippen LogP contribution >= 0.6 is 34.5 Å². The molecule has 0 bridgehead atoms. The summed E-state index contributed by atoms with van der Waals surface area (Å²) in [5, 5.41) is 7.02. The third kappa shape index (κ3) is 5.14. The average Bonchev–Trinajstić information content (AvgIpc) is 3.55. The predicted molar refractivity (Wildman–Crippen MR) is 147 cm³/mol. The largest absolute Gasteiger partial charge is 0.335 e. The minimum absolute atomic E-state index is 0.109. The molecule has 0 spiro atoms. The Hall–Kier alpha value is -3.20. The molecule has 2 unspecified atom stereocenters. The highest BCUT2D eigenvalue weighted by Gasteiger charge is 2.34. The van der Waals surface area contributed by atoms with Crippen LogP contribution in [0.1, 0.15) is 33.9 Å². The molecular weight excluding hydrogens is 529 g/mol. The van der Waals surface area contributed by atoms with E-state index in [2.05, 4.69) is 5.10 Å². The summed E-state index contributed by atoms with van der Waals surface area (Å²) in [5.74, 6) is -0.251. The Balaban J connectivity index is 1.27. The maximum Gasteiger partial charge on any atom is 0.257 e. The van der Waals surface area contributed by atoms with Gasteiger partial charge in [-0.3, -0.25) is 9.59 Å². The molecule has 4 aromatic rings. The molecule has 1 aliphatic heterocycles. The van der Waals surface area contributed by atoms with E-state index in [-0.39, 0.29) is 17.9 Å². The number of benzene rings is 2. The first-order valence-corrected chi connectivity index (χ1v) is 13.6. The van der Waals surface area contributed by atoms with Gasteiger partial charge in [-0.1, -0.05) is 54.1 Å². The molecule has 0 saturated carbocycles. The molecule has 3 heterocycles. The molecule has 2 amide bonds. The highest BCUT2D eigenvalue weighted by atomic mass is 35.5. The number of rotatable bonds is 5. The van der Waals surface area contributed by atoms with Crippen molar-refractivity contribution in [1.82, 2.24) is 24.6 Å². The quantitative estimate of drug-likeness (QED) is 0.301. The molecule has 0 radical (unpaired) electrons. The molecule has 2 aromatic heterocycles. The van der Waals surface area contributed by atoms with Gasteiger partial charge in [0.2, 0.25) is 11.0 Å². The molecule has 37 heavy (non-hydrogen) atoms. The minimum atomic E-state index is -0.748. The number of carbonyl (C=O) groups is 2. The van der Waals surface area contributed by atoms with Gasteiger partial charge in [-0.25, -0.2) is 9.67 Å². The maximum atomic E-state index is 13.4. The van der Waals surface area contributed by atoms with Crippen LogP contribution in [0, 0.1) is 6.92 Å². The lowest BCUT2D eigenvalue weighted by Crippen LogP contribution is -2.56. The fraction of sp³-hybridized carbons (Fsp3) is 0.259. The summed E-state index contributed by atoms with van der Waals surface area (Å²) in [4.78, 5) is 34.7. The number of amides is 2. The number of alkyl halides is 1. The Bertz CT molecular complexity index is 1420. The van der Waals surface area contributed by atoms with E-state index < -0.39 is 5.38 Å². The summed E-state index contributed by atoms with van der Waals surface area (Å²) >= 11 is 13.9. The maximum absolute atomic E-state index is 13.4. The lowest BCUT2D eigenvalue weighted by molar-refractivity contribution is -0.135.